The summed E-state index contributed by atoms with van der Waals surface area (Å²) in [7, 11) is 1.66. The molecule has 0 bridgehead atoms. The molecule has 1 aromatic rings. The van der Waals surface area contributed by atoms with E-state index in [-0.39, 0.29) is 12.5 Å². The monoisotopic (exact) mass is 237 g/mol. The minimum Gasteiger partial charge on any atom is -0.481 e. The van der Waals surface area contributed by atoms with Crippen LogP contribution in [0.15, 0.2) is 24.3 Å². The molecule has 17 heavy (non-hydrogen) atoms. The standard InChI is InChI=1S/C13H19NO3/c1-10(7-8-13(15)16)14-12-6-4-3-5-11(12)9-17-2/h3-6,10,14H,7-9H2,1-2H3,(H,15,16). The lowest BCUT2D eigenvalue weighted by Gasteiger charge is -2.17. The second-order valence-electron chi connectivity index (χ2n) is 4.07. The molecular weight excluding hydrogens is 218 g/mol. The highest BCUT2D eigenvalue weighted by atomic mass is 16.5. The molecule has 0 fully saturated rings. The van der Waals surface area contributed by atoms with E-state index in [1.807, 2.05) is 31.2 Å². The summed E-state index contributed by atoms with van der Waals surface area (Å²) in [4.78, 5) is 10.5. The number of rotatable bonds is 7. The van der Waals surface area contributed by atoms with Gasteiger partial charge >= 0.3 is 5.97 Å². The van der Waals surface area contributed by atoms with Gasteiger partial charge in [-0.1, -0.05) is 18.2 Å². The van der Waals surface area contributed by atoms with E-state index in [0.717, 1.165) is 11.3 Å². The van der Waals surface area contributed by atoms with Crippen LogP contribution in [0.2, 0.25) is 0 Å². The Balaban J connectivity index is 2.57. The maximum atomic E-state index is 10.5. The number of carbonyl (C=O) groups is 1. The average molecular weight is 237 g/mol. The molecule has 2 N–H and O–H groups in total. The molecule has 0 radical (unpaired) electrons. The van der Waals surface area contributed by atoms with Gasteiger partial charge in [0.1, 0.15) is 0 Å². The minimum atomic E-state index is -0.760. The van der Waals surface area contributed by atoms with Gasteiger partial charge in [0.2, 0.25) is 0 Å². The zero-order chi connectivity index (χ0) is 12.7. The SMILES string of the molecule is COCc1ccccc1NC(C)CCC(=O)O. The van der Waals surface area contributed by atoms with Gasteiger partial charge in [0, 0.05) is 30.8 Å². The van der Waals surface area contributed by atoms with Gasteiger partial charge in [0.05, 0.1) is 6.61 Å². The Morgan fingerprint density at radius 3 is 2.82 bits per heavy atom. The lowest BCUT2D eigenvalue weighted by molar-refractivity contribution is -0.137. The van der Waals surface area contributed by atoms with Crippen molar-refractivity contribution in [3.05, 3.63) is 29.8 Å². The van der Waals surface area contributed by atoms with Crippen molar-refractivity contribution in [2.45, 2.75) is 32.4 Å². The largest absolute Gasteiger partial charge is 0.481 e. The van der Waals surface area contributed by atoms with Crippen molar-refractivity contribution in [2.24, 2.45) is 0 Å². The van der Waals surface area contributed by atoms with Crippen molar-refractivity contribution in [1.29, 1.82) is 0 Å². The molecule has 0 aliphatic rings. The number of aliphatic carboxylic acids is 1. The predicted molar refractivity (Wildman–Crippen MR) is 67.1 cm³/mol. The van der Waals surface area contributed by atoms with Crippen LogP contribution in [0, 0.1) is 0 Å². The number of para-hydroxylation sites is 1. The smallest absolute Gasteiger partial charge is 0.303 e. The van der Waals surface area contributed by atoms with Crippen molar-refractivity contribution in [1.82, 2.24) is 0 Å². The number of hydrogen-bond acceptors (Lipinski definition) is 3. The van der Waals surface area contributed by atoms with Crippen LogP contribution in [0.4, 0.5) is 5.69 Å². The molecule has 0 aliphatic carbocycles. The highest BCUT2D eigenvalue weighted by Crippen LogP contribution is 2.17. The van der Waals surface area contributed by atoms with Crippen LogP contribution in [0.1, 0.15) is 25.3 Å². The number of carboxylic acid groups (broad SMARTS) is 1. The number of methoxy groups -OCH3 is 1. The molecule has 0 aliphatic heterocycles. The topological polar surface area (TPSA) is 58.6 Å². The van der Waals surface area contributed by atoms with Gasteiger partial charge in [-0.2, -0.15) is 0 Å². The lowest BCUT2D eigenvalue weighted by Crippen LogP contribution is -2.17. The highest BCUT2D eigenvalue weighted by molar-refractivity contribution is 5.66. The Morgan fingerprint density at radius 2 is 2.18 bits per heavy atom. The molecule has 1 unspecified atom stereocenters. The van der Waals surface area contributed by atoms with Crippen molar-refractivity contribution >= 4 is 11.7 Å². The van der Waals surface area contributed by atoms with E-state index < -0.39 is 5.97 Å². The fraction of sp³-hybridized carbons (Fsp3) is 0.462. The Morgan fingerprint density at radius 1 is 1.47 bits per heavy atom. The summed E-state index contributed by atoms with van der Waals surface area (Å²) in [6, 6.07) is 8.01. The molecule has 94 valence electrons. The van der Waals surface area contributed by atoms with E-state index in [0.29, 0.717) is 13.0 Å². The first-order valence-electron chi connectivity index (χ1n) is 5.68. The van der Waals surface area contributed by atoms with Gasteiger partial charge in [-0.05, 0) is 19.4 Å². The summed E-state index contributed by atoms with van der Waals surface area (Å²) >= 11 is 0. The van der Waals surface area contributed by atoms with Crippen molar-refractivity contribution in [3.8, 4) is 0 Å². The second-order valence-corrected chi connectivity index (χ2v) is 4.07. The number of benzene rings is 1. The van der Waals surface area contributed by atoms with Gasteiger partial charge < -0.3 is 15.2 Å². The molecular formula is C13H19NO3. The third-order valence-electron chi connectivity index (χ3n) is 2.51. The van der Waals surface area contributed by atoms with Gasteiger partial charge in [-0.3, -0.25) is 4.79 Å². The van der Waals surface area contributed by atoms with Crippen molar-refractivity contribution in [3.63, 3.8) is 0 Å². The van der Waals surface area contributed by atoms with Crippen molar-refractivity contribution < 1.29 is 14.6 Å². The zero-order valence-electron chi connectivity index (χ0n) is 10.3. The van der Waals surface area contributed by atoms with Crippen LogP contribution >= 0.6 is 0 Å². The fourth-order valence-corrected chi connectivity index (χ4v) is 1.62. The van der Waals surface area contributed by atoms with E-state index in [1.54, 1.807) is 7.11 Å². The molecule has 1 atom stereocenters. The van der Waals surface area contributed by atoms with Crippen LogP contribution in [0.5, 0.6) is 0 Å². The van der Waals surface area contributed by atoms with Crippen LogP contribution in [-0.4, -0.2) is 24.2 Å². The normalized spacial score (nSPS) is 12.1. The number of hydrogen-bond donors (Lipinski definition) is 2. The van der Waals surface area contributed by atoms with Gasteiger partial charge in [0.25, 0.3) is 0 Å². The number of anilines is 1. The summed E-state index contributed by atoms with van der Waals surface area (Å²) < 4.78 is 5.11. The van der Waals surface area contributed by atoms with Crippen LogP contribution < -0.4 is 5.32 Å². The summed E-state index contributed by atoms with van der Waals surface area (Å²) in [5.74, 6) is -0.760. The maximum absolute atomic E-state index is 10.5. The molecule has 1 rings (SSSR count). The first-order valence-corrected chi connectivity index (χ1v) is 5.68. The van der Waals surface area contributed by atoms with Crippen molar-refractivity contribution in [2.75, 3.05) is 12.4 Å². The lowest BCUT2D eigenvalue weighted by atomic mass is 10.1. The summed E-state index contributed by atoms with van der Waals surface area (Å²) in [6.45, 7) is 2.53. The van der Waals surface area contributed by atoms with Gasteiger partial charge in [0.15, 0.2) is 0 Å². The van der Waals surface area contributed by atoms with E-state index in [4.69, 9.17) is 9.84 Å². The molecule has 0 heterocycles. The molecule has 4 nitrogen and oxygen atoms in total. The van der Waals surface area contributed by atoms with E-state index in [2.05, 4.69) is 5.32 Å². The van der Waals surface area contributed by atoms with Gasteiger partial charge in [-0.15, -0.1) is 0 Å². The molecule has 0 amide bonds. The van der Waals surface area contributed by atoms with Crippen LogP contribution in [0.3, 0.4) is 0 Å². The third kappa shape index (κ3) is 4.87. The molecule has 0 saturated heterocycles. The average Bonchev–Trinajstić information content (AvgIpc) is 2.29. The zero-order valence-corrected chi connectivity index (χ0v) is 10.3. The Hall–Kier alpha value is -1.55. The minimum absolute atomic E-state index is 0.129. The number of ether oxygens (including phenoxy) is 1. The van der Waals surface area contributed by atoms with Crippen LogP contribution in [0.25, 0.3) is 0 Å². The van der Waals surface area contributed by atoms with E-state index in [9.17, 15) is 4.79 Å². The summed E-state index contributed by atoms with van der Waals surface area (Å²) in [5.41, 5.74) is 2.09. The molecule has 0 spiro atoms. The summed E-state index contributed by atoms with van der Waals surface area (Å²) in [5, 5.41) is 11.9. The number of nitrogens with one attached hydrogen (secondary N) is 1. The molecule has 1 aromatic carbocycles. The van der Waals surface area contributed by atoms with E-state index in [1.165, 1.54) is 0 Å². The molecule has 0 saturated carbocycles. The fourth-order valence-electron chi connectivity index (χ4n) is 1.62. The first kappa shape index (κ1) is 13.5. The van der Waals surface area contributed by atoms with Gasteiger partial charge in [-0.25, -0.2) is 0 Å². The second kappa shape index (κ2) is 6.91. The van der Waals surface area contributed by atoms with Crippen LogP contribution in [-0.2, 0) is 16.1 Å². The molecule has 0 aromatic heterocycles. The number of carboxylic acids is 1. The Bertz CT molecular complexity index is 365. The Kier molecular flexibility index (Phi) is 5.49. The quantitative estimate of drug-likeness (QED) is 0.765. The predicted octanol–water partition coefficient (Wildman–Crippen LogP) is 2.50. The highest BCUT2D eigenvalue weighted by Gasteiger charge is 2.07. The van der Waals surface area contributed by atoms with E-state index >= 15 is 0 Å². The first-order chi connectivity index (χ1) is 8.13. The summed E-state index contributed by atoms with van der Waals surface area (Å²) in [6.07, 6.45) is 0.789. The maximum Gasteiger partial charge on any atom is 0.303 e. The Labute approximate surface area is 102 Å². The molecule has 4 heteroatoms. The third-order valence-corrected chi connectivity index (χ3v) is 2.51.